The Morgan fingerprint density at radius 1 is 1.22 bits per heavy atom. The number of carbonyl (C=O) groups excluding carboxylic acids is 2. The molecule has 2 aliphatic heterocycles. The molecule has 2 aliphatic rings. The van der Waals surface area contributed by atoms with E-state index in [0.717, 1.165) is 37.1 Å². The summed E-state index contributed by atoms with van der Waals surface area (Å²) < 4.78 is 5.14. The molecule has 1 aromatic rings. The molecule has 0 N–H and O–H groups in total. The number of hydrogen-bond donors (Lipinski definition) is 0. The lowest BCUT2D eigenvalue weighted by Gasteiger charge is -2.39. The molecule has 0 bridgehead atoms. The molecule has 1 atom stereocenters. The summed E-state index contributed by atoms with van der Waals surface area (Å²) in [7, 11) is 1.61. The summed E-state index contributed by atoms with van der Waals surface area (Å²) in [6, 6.07) is 7.31. The van der Waals surface area contributed by atoms with Crippen molar-refractivity contribution in [1.29, 1.82) is 0 Å². The molecule has 0 aliphatic carbocycles. The lowest BCUT2D eigenvalue weighted by molar-refractivity contribution is -0.148. The summed E-state index contributed by atoms with van der Waals surface area (Å²) in [5.74, 6) is 0.0670. The van der Waals surface area contributed by atoms with E-state index in [1.165, 1.54) is 6.42 Å². The average Bonchev–Trinajstić information content (AvgIpc) is 2.59. The fourth-order valence-corrected chi connectivity index (χ4v) is 3.54. The molecule has 0 saturated carbocycles. The maximum absolute atomic E-state index is 13.1. The highest BCUT2D eigenvalue weighted by Crippen LogP contribution is 2.32. The van der Waals surface area contributed by atoms with Gasteiger partial charge in [0.1, 0.15) is 6.04 Å². The van der Waals surface area contributed by atoms with Crippen LogP contribution in [0.2, 0.25) is 0 Å². The van der Waals surface area contributed by atoms with Crippen molar-refractivity contribution in [2.24, 2.45) is 0 Å². The Kier molecular flexibility index (Phi) is 4.96. The highest BCUT2D eigenvalue weighted by atomic mass is 16.5. The summed E-state index contributed by atoms with van der Waals surface area (Å²) >= 11 is 0. The highest BCUT2D eigenvalue weighted by molar-refractivity contribution is 5.92. The number of rotatable bonds is 4. The molecule has 23 heavy (non-hydrogen) atoms. The van der Waals surface area contributed by atoms with Crippen molar-refractivity contribution < 1.29 is 14.3 Å². The predicted molar refractivity (Wildman–Crippen MR) is 86.9 cm³/mol. The normalized spacial score (nSPS) is 21.3. The first kappa shape index (κ1) is 16.0. The number of fused-ring (bicyclic) bond motifs is 1. The van der Waals surface area contributed by atoms with Gasteiger partial charge in [0, 0.05) is 26.7 Å². The lowest BCUT2D eigenvalue weighted by Crippen LogP contribution is -2.50. The monoisotopic (exact) mass is 316 g/mol. The van der Waals surface area contributed by atoms with Gasteiger partial charge < -0.3 is 14.5 Å². The van der Waals surface area contributed by atoms with Crippen LogP contribution in [-0.2, 0) is 20.7 Å². The van der Waals surface area contributed by atoms with E-state index in [2.05, 4.69) is 0 Å². The molecule has 1 saturated heterocycles. The van der Waals surface area contributed by atoms with E-state index >= 15 is 0 Å². The summed E-state index contributed by atoms with van der Waals surface area (Å²) in [5.41, 5.74) is 1.94. The number of amides is 2. The Balaban J connectivity index is 1.93. The molecule has 0 aromatic heterocycles. The Hall–Kier alpha value is -1.88. The van der Waals surface area contributed by atoms with Gasteiger partial charge in [-0.05, 0) is 30.4 Å². The van der Waals surface area contributed by atoms with Crippen molar-refractivity contribution in [2.75, 3.05) is 33.4 Å². The van der Waals surface area contributed by atoms with Gasteiger partial charge in [-0.1, -0.05) is 24.3 Å². The summed E-state index contributed by atoms with van der Waals surface area (Å²) in [6.45, 7) is 2.49. The van der Waals surface area contributed by atoms with Crippen LogP contribution in [0.3, 0.4) is 0 Å². The zero-order chi connectivity index (χ0) is 16.2. The molecule has 124 valence electrons. The summed E-state index contributed by atoms with van der Waals surface area (Å²) in [5, 5.41) is 0. The van der Waals surface area contributed by atoms with Gasteiger partial charge in [0.15, 0.2) is 0 Å². The van der Waals surface area contributed by atoms with Crippen LogP contribution in [0.25, 0.3) is 0 Å². The third kappa shape index (κ3) is 3.24. The molecule has 2 amide bonds. The molecule has 1 aromatic carbocycles. The smallest absolute Gasteiger partial charge is 0.250 e. The second-order valence-electron chi connectivity index (χ2n) is 6.24. The van der Waals surface area contributed by atoms with Crippen molar-refractivity contribution in [3.8, 4) is 0 Å². The highest BCUT2D eigenvalue weighted by Gasteiger charge is 2.39. The van der Waals surface area contributed by atoms with E-state index in [0.29, 0.717) is 19.6 Å². The number of ether oxygens (including phenoxy) is 1. The number of nitrogens with zero attached hydrogens (tertiary/aromatic N) is 2. The van der Waals surface area contributed by atoms with Crippen LogP contribution in [-0.4, -0.2) is 55.0 Å². The van der Waals surface area contributed by atoms with Gasteiger partial charge in [-0.3, -0.25) is 9.59 Å². The lowest BCUT2D eigenvalue weighted by atomic mass is 9.90. The Bertz CT molecular complexity index is 581. The number of piperidine rings is 1. The Morgan fingerprint density at radius 3 is 2.70 bits per heavy atom. The first-order valence-corrected chi connectivity index (χ1v) is 8.37. The zero-order valence-electron chi connectivity index (χ0n) is 13.7. The topological polar surface area (TPSA) is 49.9 Å². The number of likely N-dealkylation sites (tertiary alicyclic amines) is 1. The molecular formula is C18H24N2O3. The summed E-state index contributed by atoms with van der Waals surface area (Å²) in [4.78, 5) is 29.3. The molecule has 3 rings (SSSR count). The molecule has 0 unspecified atom stereocenters. The molecule has 5 nitrogen and oxygen atoms in total. The van der Waals surface area contributed by atoms with E-state index in [9.17, 15) is 9.59 Å². The van der Waals surface area contributed by atoms with Crippen molar-refractivity contribution in [3.05, 3.63) is 35.4 Å². The van der Waals surface area contributed by atoms with Crippen molar-refractivity contribution in [2.45, 2.75) is 31.7 Å². The molecule has 0 spiro atoms. The summed E-state index contributed by atoms with van der Waals surface area (Å²) in [6.07, 6.45) is 3.64. The van der Waals surface area contributed by atoms with Gasteiger partial charge in [-0.15, -0.1) is 0 Å². The van der Waals surface area contributed by atoms with Crippen LogP contribution in [0.1, 0.15) is 36.4 Å². The van der Waals surface area contributed by atoms with Crippen LogP contribution in [0.5, 0.6) is 0 Å². The average molecular weight is 316 g/mol. The van der Waals surface area contributed by atoms with Crippen LogP contribution in [0.15, 0.2) is 24.3 Å². The second kappa shape index (κ2) is 7.13. The van der Waals surface area contributed by atoms with Crippen molar-refractivity contribution in [1.82, 2.24) is 9.80 Å². The third-order valence-corrected chi connectivity index (χ3v) is 4.76. The van der Waals surface area contributed by atoms with Gasteiger partial charge in [0.2, 0.25) is 11.8 Å². The van der Waals surface area contributed by atoms with E-state index in [4.69, 9.17) is 4.74 Å². The largest absolute Gasteiger partial charge is 0.383 e. The van der Waals surface area contributed by atoms with Gasteiger partial charge in [0.05, 0.1) is 13.0 Å². The number of carbonyl (C=O) groups is 2. The fourth-order valence-electron chi connectivity index (χ4n) is 3.54. The van der Waals surface area contributed by atoms with Gasteiger partial charge in [0.25, 0.3) is 0 Å². The van der Waals surface area contributed by atoms with Crippen LogP contribution >= 0.6 is 0 Å². The minimum atomic E-state index is -0.499. The molecule has 5 heteroatoms. The van der Waals surface area contributed by atoms with E-state index in [1.54, 1.807) is 12.0 Å². The first-order valence-electron chi connectivity index (χ1n) is 8.37. The first-order chi connectivity index (χ1) is 11.2. The van der Waals surface area contributed by atoms with Crippen molar-refractivity contribution in [3.63, 3.8) is 0 Å². The second-order valence-corrected chi connectivity index (χ2v) is 6.24. The van der Waals surface area contributed by atoms with E-state index in [-0.39, 0.29) is 11.8 Å². The molecule has 1 fully saturated rings. The molecule has 2 heterocycles. The molecule has 0 radical (unpaired) electrons. The number of benzene rings is 1. The quantitative estimate of drug-likeness (QED) is 0.851. The fraction of sp³-hybridized carbons (Fsp3) is 0.556. The number of methoxy groups -OCH3 is 1. The van der Waals surface area contributed by atoms with Crippen LogP contribution in [0.4, 0.5) is 0 Å². The van der Waals surface area contributed by atoms with Gasteiger partial charge in [-0.2, -0.15) is 0 Å². The SMILES string of the molecule is COCCN1C(=O)Cc2ccccc2[C@@H]1C(=O)N1CCCCC1. The minimum Gasteiger partial charge on any atom is -0.383 e. The Labute approximate surface area is 137 Å². The number of hydrogen-bond acceptors (Lipinski definition) is 3. The Morgan fingerprint density at radius 2 is 1.96 bits per heavy atom. The third-order valence-electron chi connectivity index (χ3n) is 4.76. The standard InChI is InChI=1S/C18H24N2O3/c1-23-12-11-20-16(21)13-14-7-3-4-8-15(14)17(20)18(22)19-9-5-2-6-10-19/h3-4,7-8,17H,2,5-6,9-13H2,1H3/t17-/m1/s1. The van der Waals surface area contributed by atoms with Crippen molar-refractivity contribution >= 4 is 11.8 Å². The predicted octanol–water partition coefficient (Wildman–Crippen LogP) is 1.77. The minimum absolute atomic E-state index is 0.0103. The molecular weight excluding hydrogens is 292 g/mol. The van der Waals surface area contributed by atoms with Gasteiger partial charge in [-0.25, -0.2) is 0 Å². The maximum atomic E-state index is 13.1. The van der Waals surface area contributed by atoms with E-state index < -0.39 is 6.04 Å². The zero-order valence-corrected chi connectivity index (χ0v) is 13.7. The van der Waals surface area contributed by atoms with E-state index in [1.807, 2.05) is 29.2 Å². The van der Waals surface area contributed by atoms with Gasteiger partial charge >= 0.3 is 0 Å². The van der Waals surface area contributed by atoms with Crippen LogP contribution < -0.4 is 0 Å². The maximum Gasteiger partial charge on any atom is 0.250 e. The van der Waals surface area contributed by atoms with Crippen LogP contribution in [0, 0.1) is 0 Å².